The van der Waals surface area contributed by atoms with E-state index in [0.29, 0.717) is 24.9 Å². The molecule has 0 heterocycles. The van der Waals surface area contributed by atoms with Gasteiger partial charge in [-0.1, -0.05) is 80.6 Å². The number of aliphatic hydroxyl groups excluding tert-OH is 1. The van der Waals surface area contributed by atoms with E-state index >= 15 is 0 Å². The SMILES string of the molecule is CC(C)C[C@@H](C(=O)Nc1ccccc1CCO)N(C=O)OCC1c2ccccc2-c2ccccc21. The first kappa shape index (κ1) is 24.6. The van der Waals surface area contributed by atoms with Crippen molar-refractivity contribution in [2.24, 2.45) is 5.92 Å². The fraction of sp³-hybridized carbons (Fsp3) is 0.310. The summed E-state index contributed by atoms with van der Waals surface area (Å²) in [5, 5.41) is 13.5. The lowest BCUT2D eigenvalue weighted by Crippen LogP contribution is -2.45. The molecule has 0 fully saturated rings. The predicted octanol–water partition coefficient (Wildman–Crippen LogP) is 4.78. The molecule has 1 atom stereocenters. The highest BCUT2D eigenvalue weighted by Crippen LogP contribution is 2.44. The second kappa shape index (κ2) is 11.3. The molecule has 1 aliphatic carbocycles. The number of nitrogens with one attached hydrogen (secondary N) is 1. The summed E-state index contributed by atoms with van der Waals surface area (Å²) in [6.07, 6.45) is 1.48. The molecular weight excluding hydrogens is 440 g/mol. The molecule has 0 saturated carbocycles. The van der Waals surface area contributed by atoms with E-state index in [9.17, 15) is 14.7 Å². The van der Waals surface area contributed by atoms with Gasteiger partial charge in [0.15, 0.2) is 0 Å². The van der Waals surface area contributed by atoms with E-state index in [2.05, 4.69) is 29.6 Å². The van der Waals surface area contributed by atoms with Crippen molar-refractivity contribution in [3.63, 3.8) is 0 Å². The molecule has 2 amide bonds. The van der Waals surface area contributed by atoms with Gasteiger partial charge in [-0.25, -0.2) is 5.06 Å². The Balaban J connectivity index is 1.54. The van der Waals surface area contributed by atoms with E-state index in [1.165, 1.54) is 11.1 Å². The minimum Gasteiger partial charge on any atom is -0.396 e. The van der Waals surface area contributed by atoms with E-state index in [1.54, 1.807) is 6.07 Å². The van der Waals surface area contributed by atoms with Gasteiger partial charge in [-0.3, -0.25) is 14.4 Å². The third kappa shape index (κ3) is 5.45. The van der Waals surface area contributed by atoms with Crippen LogP contribution in [0.1, 0.15) is 42.9 Å². The number of rotatable bonds is 11. The van der Waals surface area contributed by atoms with Gasteiger partial charge < -0.3 is 10.4 Å². The lowest BCUT2D eigenvalue weighted by molar-refractivity contribution is -0.191. The topological polar surface area (TPSA) is 78.9 Å². The Bertz CT molecular complexity index is 1130. The summed E-state index contributed by atoms with van der Waals surface area (Å²) in [5.41, 5.74) is 6.12. The van der Waals surface area contributed by atoms with Gasteiger partial charge in [-0.2, -0.15) is 0 Å². The van der Waals surface area contributed by atoms with Gasteiger partial charge in [0.2, 0.25) is 12.3 Å². The van der Waals surface area contributed by atoms with Gasteiger partial charge in [0.05, 0.1) is 6.61 Å². The normalized spacial score (nSPS) is 13.3. The fourth-order valence-corrected chi connectivity index (χ4v) is 4.76. The molecule has 182 valence electrons. The molecule has 0 saturated heterocycles. The average Bonchev–Trinajstić information content (AvgIpc) is 3.18. The van der Waals surface area contributed by atoms with Crippen LogP contribution in [0.4, 0.5) is 5.69 Å². The Morgan fingerprint density at radius 3 is 2.20 bits per heavy atom. The molecular formula is C29H32N2O4. The summed E-state index contributed by atoms with van der Waals surface area (Å²) >= 11 is 0. The number of hydrogen-bond donors (Lipinski definition) is 2. The predicted molar refractivity (Wildman–Crippen MR) is 137 cm³/mol. The Labute approximate surface area is 206 Å². The standard InChI is InChI=1S/C29H32N2O4/c1-20(2)17-28(29(34)30-27-14-8-3-9-21(27)15-16-32)31(19-33)35-18-26-24-12-6-4-10-22(24)23-11-5-7-13-25(23)26/h3-14,19-20,26,28,32H,15-18H2,1-2H3,(H,30,34)/t28-/m0/s1. The van der Waals surface area contributed by atoms with Crippen molar-refractivity contribution in [3.8, 4) is 11.1 Å². The average molecular weight is 473 g/mol. The molecule has 6 nitrogen and oxygen atoms in total. The highest BCUT2D eigenvalue weighted by Gasteiger charge is 2.32. The number of hydrogen-bond acceptors (Lipinski definition) is 4. The van der Waals surface area contributed by atoms with Crippen molar-refractivity contribution in [2.45, 2.75) is 38.6 Å². The number of fused-ring (bicyclic) bond motifs is 3. The highest BCUT2D eigenvalue weighted by molar-refractivity contribution is 5.96. The van der Waals surface area contributed by atoms with Crippen LogP contribution in [0.5, 0.6) is 0 Å². The Morgan fingerprint density at radius 1 is 1.00 bits per heavy atom. The lowest BCUT2D eigenvalue weighted by atomic mass is 9.98. The molecule has 0 radical (unpaired) electrons. The number of para-hydroxylation sites is 1. The van der Waals surface area contributed by atoms with Crippen molar-refractivity contribution in [3.05, 3.63) is 89.5 Å². The molecule has 0 aliphatic heterocycles. The minimum atomic E-state index is -0.790. The van der Waals surface area contributed by atoms with Crippen LogP contribution in [-0.2, 0) is 20.8 Å². The molecule has 1 aliphatic rings. The number of carbonyl (C=O) groups is 2. The van der Waals surface area contributed by atoms with E-state index in [-0.39, 0.29) is 31.0 Å². The quantitative estimate of drug-likeness (QED) is 0.311. The molecule has 0 unspecified atom stereocenters. The zero-order chi connectivity index (χ0) is 24.8. The largest absolute Gasteiger partial charge is 0.396 e. The molecule has 6 heteroatoms. The molecule has 3 aromatic rings. The third-order valence-electron chi connectivity index (χ3n) is 6.42. The molecule has 2 N–H and O–H groups in total. The number of aliphatic hydroxyl groups is 1. The van der Waals surface area contributed by atoms with Gasteiger partial charge in [0.25, 0.3) is 0 Å². The van der Waals surface area contributed by atoms with Crippen molar-refractivity contribution >= 4 is 18.0 Å². The number of anilines is 1. The van der Waals surface area contributed by atoms with Crippen molar-refractivity contribution in [1.82, 2.24) is 5.06 Å². The van der Waals surface area contributed by atoms with Crippen molar-refractivity contribution < 1.29 is 19.5 Å². The second-order valence-electron chi connectivity index (χ2n) is 9.25. The van der Waals surface area contributed by atoms with Crippen LogP contribution in [0.25, 0.3) is 11.1 Å². The summed E-state index contributed by atoms with van der Waals surface area (Å²) in [6.45, 7) is 4.24. The smallest absolute Gasteiger partial charge is 0.249 e. The van der Waals surface area contributed by atoms with E-state index in [1.807, 2.05) is 56.3 Å². The summed E-state index contributed by atoms with van der Waals surface area (Å²) in [5.74, 6) is -0.182. The first-order valence-electron chi connectivity index (χ1n) is 12.1. The number of amides is 2. The number of nitrogens with zero attached hydrogens (tertiary/aromatic N) is 1. The Kier molecular flexibility index (Phi) is 7.95. The third-order valence-corrected chi connectivity index (χ3v) is 6.42. The van der Waals surface area contributed by atoms with Crippen LogP contribution in [0.2, 0.25) is 0 Å². The van der Waals surface area contributed by atoms with Crippen molar-refractivity contribution in [1.29, 1.82) is 0 Å². The van der Waals surface area contributed by atoms with Crippen molar-refractivity contribution in [2.75, 3.05) is 18.5 Å². The Morgan fingerprint density at radius 2 is 1.60 bits per heavy atom. The van der Waals surface area contributed by atoms with Gasteiger partial charge in [-0.15, -0.1) is 0 Å². The summed E-state index contributed by atoms with van der Waals surface area (Å²) in [7, 11) is 0. The molecule has 4 rings (SSSR count). The van der Waals surface area contributed by atoms with E-state index in [4.69, 9.17) is 4.84 Å². The van der Waals surface area contributed by atoms with Gasteiger partial charge >= 0.3 is 0 Å². The number of benzene rings is 3. The Hall–Kier alpha value is -3.48. The molecule has 0 bridgehead atoms. The maximum Gasteiger partial charge on any atom is 0.249 e. The van der Waals surface area contributed by atoms with Crippen LogP contribution in [-0.4, -0.2) is 41.7 Å². The van der Waals surface area contributed by atoms with E-state index in [0.717, 1.165) is 21.8 Å². The monoisotopic (exact) mass is 472 g/mol. The van der Waals surface area contributed by atoms with Gasteiger partial charge in [-0.05, 0) is 52.6 Å². The summed E-state index contributed by atoms with van der Waals surface area (Å²) in [6, 6.07) is 23.0. The zero-order valence-electron chi connectivity index (χ0n) is 20.2. The van der Waals surface area contributed by atoms with Crippen LogP contribution in [0, 0.1) is 5.92 Å². The highest BCUT2D eigenvalue weighted by atomic mass is 16.7. The number of hydroxylamine groups is 2. The zero-order valence-corrected chi connectivity index (χ0v) is 20.2. The fourth-order valence-electron chi connectivity index (χ4n) is 4.76. The summed E-state index contributed by atoms with van der Waals surface area (Å²) < 4.78 is 0. The maximum atomic E-state index is 13.3. The van der Waals surface area contributed by atoms with Gasteiger partial charge in [0, 0.05) is 18.2 Å². The molecule has 35 heavy (non-hydrogen) atoms. The first-order chi connectivity index (χ1) is 17.0. The van der Waals surface area contributed by atoms with Crippen LogP contribution >= 0.6 is 0 Å². The van der Waals surface area contributed by atoms with Crippen LogP contribution in [0.3, 0.4) is 0 Å². The van der Waals surface area contributed by atoms with Gasteiger partial charge in [0.1, 0.15) is 6.04 Å². The number of carbonyl (C=O) groups excluding carboxylic acids is 2. The molecule has 0 aromatic heterocycles. The maximum absolute atomic E-state index is 13.3. The molecule has 0 spiro atoms. The lowest BCUT2D eigenvalue weighted by Gasteiger charge is -2.29. The van der Waals surface area contributed by atoms with E-state index < -0.39 is 6.04 Å². The van der Waals surface area contributed by atoms with Crippen LogP contribution in [0.15, 0.2) is 72.8 Å². The second-order valence-corrected chi connectivity index (χ2v) is 9.25. The summed E-state index contributed by atoms with van der Waals surface area (Å²) in [4.78, 5) is 31.5. The van der Waals surface area contributed by atoms with Crippen LogP contribution < -0.4 is 5.32 Å². The minimum absolute atomic E-state index is 0.0176. The molecule has 3 aromatic carbocycles. The first-order valence-corrected chi connectivity index (χ1v) is 12.1.